The Bertz CT molecular complexity index is 1150. The second-order valence-corrected chi connectivity index (χ2v) is 6.55. The molecule has 4 nitrogen and oxygen atoms in total. The molecule has 0 unspecified atom stereocenters. The lowest BCUT2D eigenvalue weighted by atomic mass is 10.1. The van der Waals surface area contributed by atoms with Crippen LogP contribution in [0, 0.1) is 13.8 Å². The van der Waals surface area contributed by atoms with Gasteiger partial charge < -0.3 is 4.90 Å². The molecule has 0 radical (unpaired) electrons. The molecule has 1 heterocycles. The van der Waals surface area contributed by atoms with Gasteiger partial charge in [-0.25, -0.2) is 9.97 Å². The van der Waals surface area contributed by atoms with Crippen LogP contribution >= 0.6 is 0 Å². The summed E-state index contributed by atoms with van der Waals surface area (Å²) < 4.78 is 0. The van der Waals surface area contributed by atoms with Crippen LogP contribution in [-0.2, 0) is 0 Å². The Hall–Kier alpha value is -3.27. The molecule has 4 aromatic rings. The topological polar surface area (TPSA) is 46.1 Å². The normalized spacial score (nSPS) is 11.0. The molecule has 0 fully saturated rings. The first kappa shape index (κ1) is 16.2. The van der Waals surface area contributed by atoms with Crippen molar-refractivity contribution in [1.82, 2.24) is 9.97 Å². The van der Waals surface area contributed by atoms with E-state index in [-0.39, 0.29) is 5.91 Å². The van der Waals surface area contributed by atoms with Crippen LogP contribution in [0.3, 0.4) is 0 Å². The molecule has 0 aliphatic carbocycles. The van der Waals surface area contributed by atoms with E-state index in [9.17, 15) is 4.79 Å². The molecule has 4 rings (SSSR count). The van der Waals surface area contributed by atoms with Crippen LogP contribution in [0.5, 0.6) is 0 Å². The summed E-state index contributed by atoms with van der Waals surface area (Å²) >= 11 is 0. The van der Waals surface area contributed by atoms with E-state index >= 15 is 0 Å². The number of fused-ring (bicyclic) bond motifs is 2. The van der Waals surface area contributed by atoms with Gasteiger partial charge in [-0.05, 0) is 67.4 Å². The molecular formula is C22H19N3O. The van der Waals surface area contributed by atoms with Gasteiger partial charge in [-0.3, -0.25) is 4.79 Å². The number of para-hydroxylation sites is 2. The van der Waals surface area contributed by atoms with Crippen LogP contribution in [0.15, 0.2) is 60.7 Å². The largest absolute Gasteiger partial charge is 0.311 e. The molecule has 26 heavy (non-hydrogen) atoms. The Balaban J connectivity index is 1.73. The highest BCUT2D eigenvalue weighted by molar-refractivity contribution is 6.07. The first-order chi connectivity index (χ1) is 12.5. The average molecular weight is 341 g/mol. The van der Waals surface area contributed by atoms with E-state index in [0.717, 1.165) is 33.3 Å². The fraction of sp³-hybridized carbons (Fsp3) is 0.136. The summed E-state index contributed by atoms with van der Waals surface area (Å²) in [5.74, 6) is -0.0647. The minimum absolute atomic E-state index is 0.0647. The number of carbonyl (C=O) groups is 1. The Kier molecular flexibility index (Phi) is 3.88. The standard InChI is InChI=1S/C22H19N3O/c1-14-8-10-17(12-15(14)2)25(3)22(26)16-9-11-20-21(13-16)24-19-7-5-4-6-18(19)23-20/h4-13H,1-3H3. The number of aromatic nitrogens is 2. The van der Waals surface area contributed by atoms with Crippen LogP contribution in [0.2, 0.25) is 0 Å². The molecule has 0 aliphatic heterocycles. The number of rotatable bonds is 2. The van der Waals surface area contributed by atoms with Crippen LogP contribution in [0.1, 0.15) is 21.5 Å². The van der Waals surface area contributed by atoms with Crippen molar-refractivity contribution >= 4 is 33.7 Å². The van der Waals surface area contributed by atoms with Crippen molar-refractivity contribution in [2.45, 2.75) is 13.8 Å². The molecule has 0 aliphatic rings. The molecule has 4 heteroatoms. The third-order valence-electron chi connectivity index (χ3n) is 4.77. The van der Waals surface area contributed by atoms with Crippen LogP contribution in [-0.4, -0.2) is 22.9 Å². The highest BCUT2D eigenvalue weighted by atomic mass is 16.2. The van der Waals surface area contributed by atoms with Gasteiger partial charge in [0.2, 0.25) is 0 Å². The van der Waals surface area contributed by atoms with Crippen LogP contribution in [0.4, 0.5) is 5.69 Å². The van der Waals surface area contributed by atoms with E-state index in [0.29, 0.717) is 5.56 Å². The highest BCUT2D eigenvalue weighted by Gasteiger charge is 2.15. The molecule has 0 saturated carbocycles. The lowest BCUT2D eigenvalue weighted by Gasteiger charge is -2.18. The Morgan fingerprint density at radius 1 is 0.769 bits per heavy atom. The molecular weight excluding hydrogens is 322 g/mol. The SMILES string of the molecule is Cc1ccc(N(C)C(=O)c2ccc3nc4ccccc4nc3c2)cc1C. The van der Waals surface area contributed by atoms with Gasteiger partial charge in [-0.2, -0.15) is 0 Å². The third-order valence-corrected chi connectivity index (χ3v) is 4.77. The quantitative estimate of drug-likeness (QED) is 0.498. The van der Waals surface area contributed by atoms with E-state index in [4.69, 9.17) is 0 Å². The van der Waals surface area contributed by atoms with Crippen molar-refractivity contribution in [3.8, 4) is 0 Å². The smallest absolute Gasteiger partial charge is 0.258 e. The summed E-state index contributed by atoms with van der Waals surface area (Å²) in [4.78, 5) is 23.9. The second kappa shape index (κ2) is 6.23. The molecule has 1 amide bonds. The number of hydrogen-bond acceptors (Lipinski definition) is 3. The van der Waals surface area contributed by atoms with Gasteiger partial charge in [0.25, 0.3) is 5.91 Å². The zero-order chi connectivity index (χ0) is 18.3. The highest BCUT2D eigenvalue weighted by Crippen LogP contribution is 2.22. The molecule has 0 atom stereocenters. The molecule has 0 N–H and O–H groups in total. The van der Waals surface area contributed by atoms with Crippen LogP contribution < -0.4 is 4.90 Å². The molecule has 0 spiro atoms. The van der Waals surface area contributed by atoms with E-state index < -0.39 is 0 Å². The van der Waals surface area contributed by atoms with Crippen molar-refractivity contribution in [2.24, 2.45) is 0 Å². The summed E-state index contributed by atoms with van der Waals surface area (Å²) in [6.07, 6.45) is 0. The lowest BCUT2D eigenvalue weighted by molar-refractivity contribution is 0.0993. The van der Waals surface area contributed by atoms with Crippen molar-refractivity contribution < 1.29 is 4.79 Å². The van der Waals surface area contributed by atoms with E-state index in [1.165, 1.54) is 5.56 Å². The summed E-state index contributed by atoms with van der Waals surface area (Å²) in [6.45, 7) is 4.11. The predicted molar refractivity (Wildman–Crippen MR) is 106 cm³/mol. The van der Waals surface area contributed by atoms with Gasteiger partial charge in [0.1, 0.15) is 0 Å². The lowest BCUT2D eigenvalue weighted by Crippen LogP contribution is -2.26. The number of nitrogens with zero attached hydrogens (tertiary/aromatic N) is 3. The molecule has 0 bridgehead atoms. The number of carbonyl (C=O) groups excluding carboxylic acids is 1. The second-order valence-electron chi connectivity index (χ2n) is 6.55. The maximum Gasteiger partial charge on any atom is 0.258 e. The van der Waals surface area contributed by atoms with Gasteiger partial charge in [0, 0.05) is 18.3 Å². The summed E-state index contributed by atoms with van der Waals surface area (Å²) in [6, 6.07) is 19.3. The molecule has 1 aromatic heterocycles. The summed E-state index contributed by atoms with van der Waals surface area (Å²) in [5, 5.41) is 0. The first-order valence-electron chi connectivity index (χ1n) is 8.55. The average Bonchev–Trinajstić information content (AvgIpc) is 2.67. The maximum absolute atomic E-state index is 12.9. The van der Waals surface area contributed by atoms with Crippen LogP contribution in [0.25, 0.3) is 22.1 Å². The minimum Gasteiger partial charge on any atom is -0.311 e. The minimum atomic E-state index is -0.0647. The molecule has 128 valence electrons. The van der Waals surface area contributed by atoms with Crippen molar-refractivity contribution in [3.05, 3.63) is 77.4 Å². The zero-order valence-corrected chi connectivity index (χ0v) is 15.0. The van der Waals surface area contributed by atoms with E-state index in [1.807, 2.05) is 67.6 Å². The van der Waals surface area contributed by atoms with Gasteiger partial charge in [-0.15, -0.1) is 0 Å². The van der Waals surface area contributed by atoms with Crippen molar-refractivity contribution in [3.63, 3.8) is 0 Å². The number of amides is 1. The van der Waals surface area contributed by atoms with Gasteiger partial charge >= 0.3 is 0 Å². The third kappa shape index (κ3) is 2.80. The van der Waals surface area contributed by atoms with E-state index in [1.54, 1.807) is 11.9 Å². The number of benzene rings is 3. The fourth-order valence-electron chi connectivity index (χ4n) is 3.00. The maximum atomic E-state index is 12.9. The first-order valence-corrected chi connectivity index (χ1v) is 8.55. The van der Waals surface area contributed by atoms with Gasteiger partial charge in [-0.1, -0.05) is 18.2 Å². The fourth-order valence-corrected chi connectivity index (χ4v) is 3.00. The number of hydrogen-bond donors (Lipinski definition) is 0. The van der Waals surface area contributed by atoms with Crippen molar-refractivity contribution in [2.75, 3.05) is 11.9 Å². The number of anilines is 1. The van der Waals surface area contributed by atoms with Gasteiger partial charge in [0.05, 0.1) is 22.1 Å². The Morgan fingerprint density at radius 2 is 1.42 bits per heavy atom. The predicted octanol–water partition coefficient (Wildman–Crippen LogP) is 4.68. The Labute approximate surface area is 152 Å². The zero-order valence-electron chi connectivity index (χ0n) is 15.0. The molecule has 3 aromatic carbocycles. The van der Waals surface area contributed by atoms with Crippen molar-refractivity contribution in [1.29, 1.82) is 0 Å². The molecule has 0 saturated heterocycles. The Morgan fingerprint density at radius 3 is 2.12 bits per heavy atom. The monoisotopic (exact) mass is 341 g/mol. The summed E-state index contributed by atoms with van der Waals surface area (Å²) in [5.41, 5.74) is 7.04. The van der Waals surface area contributed by atoms with E-state index in [2.05, 4.69) is 16.9 Å². The summed E-state index contributed by atoms with van der Waals surface area (Å²) in [7, 11) is 1.79. The van der Waals surface area contributed by atoms with Gasteiger partial charge in [0.15, 0.2) is 0 Å². The number of aryl methyl sites for hydroxylation is 2.